The van der Waals surface area contributed by atoms with Crippen LogP contribution < -0.4 is 5.73 Å². The van der Waals surface area contributed by atoms with Gasteiger partial charge >= 0.3 is 0 Å². The third kappa shape index (κ3) is 3.08. The molecule has 1 aliphatic heterocycles. The summed E-state index contributed by atoms with van der Waals surface area (Å²) in [5, 5.41) is 0. The van der Waals surface area contributed by atoms with Gasteiger partial charge in [0.1, 0.15) is 0 Å². The van der Waals surface area contributed by atoms with Crippen LogP contribution in [0.3, 0.4) is 0 Å². The molecule has 0 aromatic heterocycles. The zero-order chi connectivity index (χ0) is 10.7. The maximum atomic E-state index is 5.91. The van der Waals surface area contributed by atoms with E-state index in [1.54, 1.807) is 0 Å². The maximum absolute atomic E-state index is 5.91. The molecule has 1 heterocycles. The van der Waals surface area contributed by atoms with Crippen molar-refractivity contribution in [3.05, 3.63) is 41.5 Å². The van der Waals surface area contributed by atoms with Gasteiger partial charge < -0.3 is 10.5 Å². The summed E-state index contributed by atoms with van der Waals surface area (Å²) in [4.78, 5) is 0. The highest BCUT2D eigenvalue weighted by Gasteiger charge is 2.14. The number of hydrogen-bond donors (Lipinski definition) is 1. The lowest BCUT2D eigenvalue weighted by Gasteiger charge is -2.22. The van der Waals surface area contributed by atoms with E-state index in [1.165, 1.54) is 11.1 Å². The molecule has 0 radical (unpaired) electrons. The van der Waals surface area contributed by atoms with Gasteiger partial charge in [0.15, 0.2) is 0 Å². The van der Waals surface area contributed by atoms with Gasteiger partial charge in [-0.25, -0.2) is 0 Å². The van der Waals surface area contributed by atoms with Crippen LogP contribution >= 0.6 is 12.4 Å². The quantitative estimate of drug-likeness (QED) is 0.881. The van der Waals surface area contributed by atoms with E-state index in [0.717, 1.165) is 13.2 Å². The molecule has 0 spiro atoms. The fourth-order valence-electron chi connectivity index (χ4n) is 1.68. The van der Waals surface area contributed by atoms with Crippen molar-refractivity contribution in [3.8, 4) is 0 Å². The van der Waals surface area contributed by atoms with Crippen molar-refractivity contribution in [1.29, 1.82) is 0 Å². The van der Waals surface area contributed by atoms with Gasteiger partial charge in [0.25, 0.3) is 0 Å². The maximum Gasteiger partial charge on any atom is 0.0551 e. The molecule has 0 amide bonds. The molecule has 1 aromatic rings. The normalized spacial score (nSPS) is 17.9. The third-order valence-corrected chi connectivity index (χ3v) is 2.70. The van der Waals surface area contributed by atoms with Crippen LogP contribution in [0, 0.1) is 5.92 Å². The van der Waals surface area contributed by atoms with E-state index in [9.17, 15) is 0 Å². The van der Waals surface area contributed by atoms with Crippen molar-refractivity contribution >= 4 is 18.5 Å². The highest BCUT2D eigenvalue weighted by molar-refractivity contribution is 5.85. The molecular formula is C13H18ClNO. The summed E-state index contributed by atoms with van der Waals surface area (Å²) in [5.41, 5.74) is 8.33. The van der Waals surface area contributed by atoms with Crippen LogP contribution in [0.5, 0.6) is 0 Å². The average molecular weight is 240 g/mol. The number of benzene rings is 1. The van der Waals surface area contributed by atoms with Crippen molar-refractivity contribution in [3.63, 3.8) is 0 Å². The summed E-state index contributed by atoms with van der Waals surface area (Å²) in [6, 6.07) is 8.35. The number of nitrogens with two attached hydrogens (primary N) is 1. The van der Waals surface area contributed by atoms with Crippen LogP contribution in [0.25, 0.3) is 6.08 Å². The first-order valence-electron chi connectivity index (χ1n) is 5.38. The van der Waals surface area contributed by atoms with Crippen molar-refractivity contribution in [2.75, 3.05) is 13.2 Å². The molecule has 16 heavy (non-hydrogen) atoms. The van der Waals surface area contributed by atoms with Crippen molar-refractivity contribution in [2.24, 2.45) is 11.7 Å². The molecule has 2 nitrogen and oxygen atoms in total. The van der Waals surface area contributed by atoms with Gasteiger partial charge in [0.2, 0.25) is 0 Å². The Kier molecular flexibility index (Phi) is 5.00. The van der Waals surface area contributed by atoms with Gasteiger partial charge in [0, 0.05) is 12.0 Å². The average Bonchev–Trinajstić information content (AvgIpc) is 2.16. The Bertz CT molecular complexity index is 359. The number of halogens is 1. The van der Waals surface area contributed by atoms with E-state index in [-0.39, 0.29) is 18.4 Å². The monoisotopic (exact) mass is 239 g/mol. The highest BCUT2D eigenvalue weighted by Crippen LogP contribution is 2.19. The minimum absolute atomic E-state index is 0. The van der Waals surface area contributed by atoms with Crippen LogP contribution in [-0.4, -0.2) is 13.2 Å². The lowest BCUT2D eigenvalue weighted by Crippen LogP contribution is -2.25. The summed E-state index contributed by atoms with van der Waals surface area (Å²) in [5.74, 6) is 0.589. The number of rotatable bonds is 3. The summed E-state index contributed by atoms with van der Waals surface area (Å²) in [6.07, 6.45) is 4.37. The zero-order valence-electron chi connectivity index (χ0n) is 9.43. The Morgan fingerprint density at radius 2 is 2.06 bits per heavy atom. The first-order chi connectivity index (χ1) is 7.27. The first-order valence-corrected chi connectivity index (χ1v) is 5.38. The van der Waals surface area contributed by atoms with Gasteiger partial charge in [-0.2, -0.15) is 0 Å². The van der Waals surface area contributed by atoms with E-state index in [2.05, 4.69) is 24.3 Å². The summed E-state index contributed by atoms with van der Waals surface area (Å²) in [7, 11) is 0. The Hall–Kier alpha value is -0.830. The molecule has 1 atom stereocenters. The fourth-order valence-corrected chi connectivity index (χ4v) is 1.68. The molecule has 0 bridgehead atoms. The molecule has 0 saturated carbocycles. The molecule has 1 aromatic carbocycles. The second-order valence-electron chi connectivity index (χ2n) is 4.07. The van der Waals surface area contributed by atoms with Gasteiger partial charge in [-0.3, -0.25) is 0 Å². The summed E-state index contributed by atoms with van der Waals surface area (Å²) >= 11 is 0. The minimum Gasteiger partial charge on any atom is -0.380 e. The Balaban J connectivity index is 0.00000128. The van der Waals surface area contributed by atoms with E-state index < -0.39 is 0 Å². The molecule has 2 N–H and O–H groups in total. The van der Waals surface area contributed by atoms with E-state index in [1.807, 2.05) is 19.1 Å². The summed E-state index contributed by atoms with van der Waals surface area (Å²) < 4.78 is 5.13. The fraction of sp³-hybridized carbons (Fsp3) is 0.385. The Morgan fingerprint density at radius 3 is 2.62 bits per heavy atom. The predicted octanol–water partition coefficient (Wildman–Crippen LogP) is 2.79. The van der Waals surface area contributed by atoms with E-state index in [0.29, 0.717) is 5.92 Å². The van der Waals surface area contributed by atoms with Crippen molar-refractivity contribution in [2.45, 2.75) is 13.0 Å². The smallest absolute Gasteiger partial charge is 0.0551 e. The second kappa shape index (κ2) is 6.04. The molecule has 3 heteroatoms. The van der Waals surface area contributed by atoms with E-state index >= 15 is 0 Å². The molecule has 0 unspecified atom stereocenters. The predicted molar refractivity (Wildman–Crippen MR) is 69.6 cm³/mol. The topological polar surface area (TPSA) is 35.2 Å². The molecule has 1 saturated heterocycles. The summed E-state index contributed by atoms with van der Waals surface area (Å²) in [6.45, 7) is 3.73. The van der Waals surface area contributed by atoms with Gasteiger partial charge in [0.05, 0.1) is 13.2 Å². The molecular weight excluding hydrogens is 222 g/mol. The molecule has 88 valence electrons. The van der Waals surface area contributed by atoms with Crippen LogP contribution in [-0.2, 0) is 4.74 Å². The molecule has 0 aliphatic carbocycles. The SMILES string of the molecule is C[C@H](N)c1ccccc1/C=C/C1COC1.Cl. The molecule has 2 rings (SSSR count). The van der Waals surface area contributed by atoms with Crippen LogP contribution in [0.1, 0.15) is 24.1 Å². The van der Waals surface area contributed by atoms with Crippen molar-refractivity contribution in [1.82, 2.24) is 0 Å². The second-order valence-corrected chi connectivity index (χ2v) is 4.07. The lowest BCUT2D eigenvalue weighted by atomic mass is 9.99. The molecule has 1 aliphatic rings. The van der Waals surface area contributed by atoms with Crippen molar-refractivity contribution < 1.29 is 4.74 Å². The van der Waals surface area contributed by atoms with Gasteiger partial charge in [-0.15, -0.1) is 12.4 Å². The van der Waals surface area contributed by atoms with Crippen LogP contribution in [0.2, 0.25) is 0 Å². The Morgan fingerprint density at radius 1 is 1.38 bits per heavy atom. The van der Waals surface area contributed by atoms with Gasteiger partial charge in [-0.1, -0.05) is 36.4 Å². The molecule has 1 fully saturated rings. The van der Waals surface area contributed by atoms with Gasteiger partial charge in [-0.05, 0) is 18.1 Å². The Labute approximate surface area is 103 Å². The number of ether oxygens (including phenoxy) is 1. The number of hydrogen-bond acceptors (Lipinski definition) is 2. The van der Waals surface area contributed by atoms with E-state index in [4.69, 9.17) is 10.5 Å². The van der Waals surface area contributed by atoms with Crippen LogP contribution in [0.15, 0.2) is 30.3 Å². The third-order valence-electron chi connectivity index (χ3n) is 2.70. The zero-order valence-corrected chi connectivity index (χ0v) is 10.2. The lowest BCUT2D eigenvalue weighted by molar-refractivity contribution is -0.00730. The largest absolute Gasteiger partial charge is 0.380 e. The van der Waals surface area contributed by atoms with Crippen LogP contribution in [0.4, 0.5) is 0 Å². The minimum atomic E-state index is 0. The first kappa shape index (κ1) is 13.2. The standard InChI is InChI=1S/C13H17NO.ClH/c1-10(14)13-5-3-2-4-12(13)7-6-11-8-15-9-11;/h2-7,10-11H,8-9,14H2,1H3;1H/b7-6+;/t10-;/m0./s1. The highest BCUT2D eigenvalue weighted by atomic mass is 35.5.